The summed E-state index contributed by atoms with van der Waals surface area (Å²) in [6, 6.07) is 0.636. The summed E-state index contributed by atoms with van der Waals surface area (Å²) in [5.41, 5.74) is 0. The molecule has 2 unspecified atom stereocenters. The number of aliphatic hydroxyl groups is 1. The molecule has 1 saturated heterocycles. The minimum atomic E-state index is 0.301. The molecule has 96 valence electrons. The van der Waals surface area contributed by atoms with E-state index < -0.39 is 0 Å². The van der Waals surface area contributed by atoms with Crippen LogP contribution in [0.1, 0.15) is 39.5 Å². The molecular weight excluding hydrogens is 200 g/mol. The summed E-state index contributed by atoms with van der Waals surface area (Å²) in [6.45, 7) is 9.41. The van der Waals surface area contributed by atoms with Crippen LogP contribution in [-0.4, -0.2) is 48.8 Å². The molecule has 0 aromatic heterocycles. The summed E-state index contributed by atoms with van der Waals surface area (Å²) in [7, 11) is 0. The first-order valence-electron chi connectivity index (χ1n) is 6.86. The van der Waals surface area contributed by atoms with Gasteiger partial charge < -0.3 is 15.3 Å². The van der Waals surface area contributed by atoms with Gasteiger partial charge in [-0.05, 0) is 38.3 Å². The standard InChI is InChI=1S/C13H28N2O/c1-3-6-12-9-13(14-7-5-8-16)11-15(4-2)10-12/h12-14,16H,3-11H2,1-2H3. The van der Waals surface area contributed by atoms with E-state index in [9.17, 15) is 0 Å². The topological polar surface area (TPSA) is 35.5 Å². The maximum atomic E-state index is 8.78. The fourth-order valence-electron chi connectivity index (χ4n) is 2.71. The number of aliphatic hydroxyl groups excluding tert-OH is 1. The first kappa shape index (κ1) is 13.9. The minimum Gasteiger partial charge on any atom is -0.396 e. The molecule has 3 nitrogen and oxygen atoms in total. The maximum Gasteiger partial charge on any atom is 0.0443 e. The summed E-state index contributed by atoms with van der Waals surface area (Å²) in [5, 5.41) is 12.4. The highest BCUT2D eigenvalue weighted by atomic mass is 16.3. The average Bonchev–Trinajstić information content (AvgIpc) is 2.29. The monoisotopic (exact) mass is 228 g/mol. The van der Waals surface area contributed by atoms with Crippen LogP contribution in [0.3, 0.4) is 0 Å². The first-order valence-corrected chi connectivity index (χ1v) is 6.86. The van der Waals surface area contributed by atoms with Gasteiger partial charge >= 0.3 is 0 Å². The van der Waals surface area contributed by atoms with E-state index in [4.69, 9.17) is 5.11 Å². The van der Waals surface area contributed by atoms with E-state index in [0.717, 1.165) is 18.9 Å². The van der Waals surface area contributed by atoms with Crippen LogP contribution in [-0.2, 0) is 0 Å². The van der Waals surface area contributed by atoms with Crippen molar-refractivity contribution in [2.24, 2.45) is 5.92 Å². The maximum absolute atomic E-state index is 8.78. The molecule has 0 radical (unpaired) electrons. The zero-order chi connectivity index (χ0) is 11.8. The number of likely N-dealkylation sites (tertiary alicyclic amines) is 1. The van der Waals surface area contributed by atoms with Crippen LogP contribution in [0.25, 0.3) is 0 Å². The lowest BCUT2D eigenvalue weighted by atomic mass is 9.90. The third-order valence-electron chi connectivity index (χ3n) is 3.52. The summed E-state index contributed by atoms with van der Waals surface area (Å²) in [6.07, 6.45) is 4.84. The van der Waals surface area contributed by atoms with E-state index in [0.29, 0.717) is 12.6 Å². The van der Waals surface area contributed by atoms with E-state index in [1.165, 1.54) is 38.9 Å². The van der Waals surface area contributed by atoms with Gasteiger partial charge in [-0.2, -0.15) is 0 Å². The van der Waals surface area contributed by atoms with E-state index in [-0.39, 0.29) is 0 Å². The Morgan fingerprint density at radius 2 is 2.12 bits per heavy atom. The SMILES string of the molecule is CCCC1CC(NCCCO)CN(CC)C1. The van der Waals surface area contributed by atoms with Crippen molar-refractivity contribution in [1.29, 1.82) is 0 Å². The lowest BCUT2D eigenvalue weighted by molar-refractivity contribution is 0.140. The molecule has 0 aromatic carbocycles. The van der Waals surface area contributed by atoms with Crippen molar-refractivity contribution in [2.75, 3.05) is 32.8 Å². The van der Waals surface area contributed by atoms with Gasteiger partial charge in [0.25, 0.3) is 0 Å². The lowest BCUT2D eigenvalue weighted by Crippen LogP contribution is -2.49. The average molecular weight is 228 g/mol. The fourth-order valence-corrected chi connectivity index (χ4v) is 2.71. The van der Waals surface area contributed by atoms with Crippen molar-refractivity contribution in [3.05, 3.63) is 0 Å². The third kappa shape index (κ3) is 4.81. The van der Waals surface area contributed by atoms with Gasteiger partial charge in [0, 0.05) is 25.7 Å². The van der Waals surface area contributed by atoms with Crippen molar-refractivity contribution < 1.29 is 5.11 Å². The molecule has 2 N–H and O–H groups in total. The molecule has 0 spiro atoms. The lowest BCUT2D eigenvalue weighted by Gasteiger charge is -2.37. The number of hydrogen-bond donors (Lipinski definition) is 2. The number of rotatable bonds is 7. The van der Waals surface area contributed by atoms with Crippen molar-refractivity contribution >= 4 is 0 Å². The van der Waals surface area contributed by atoms with Crippen molar-refractivity contribution in [1.82, 2.24) is 10.2 Å². The predicted octanol–water partition coefficient (Wildman–Crippen LogP) is 1.47. The largest absolute Gasteiger partial charge is 0.396 e. The van der Waals surface area contributed by atoms with Gasteiger partial charge in [0.15, 0.2) is 0 Å². The number of piperidine rings is 1. The van der Waals surface area contributed by atoms with E-state index >= 15 is 0 Å². The predicted molar refractivity (Wildman–Crippen MR) is 68.6 cm³/mol. The molecule has 1 heterocycles. The Bertz CT molecular complexity index is 175. The number of nitrogens with zero attached hydrogens (tertiary/aromatic N) is 1. The number of likely N-dealkylation sites (N-methyl/N-ethyl adjacent to an activating group) is 1. The molecule has 0 amide bonds. The quantitative estimate of drug-likeness (QED) is 0.648. The zero-order valence-corrected chi connectivity index (χ0v) is 10.9. The Morgan fingerprint density at radius 3 is 2.75 bits per heavy atom. The zero-order valence-electron chi connectivity index (χ0n) is 10.9. The molecule has 0 saturated carbocycles. The Kier molecular flexibility index (Phi) is 7.01. The van der Waals surface area contributed by atoms with Gasteiger partial charge in [-0.1, -0.05) is 20.3 Å². The van der Waals surface area contributed by atoms with Gasteiger partial charge in [-0.15, -0.1) is 0 Å². The molecule has 0 aromatic rings. The molecule has 16 heavy (non-hydrogen) atoms. The molecule has 0 aliphatic carbocycles. The van der Waals surface area contributed by atoms with E-state index in [1.807, 2.05) is 0 Å². The summed E-state index contributed by atoms with van der Waals surface area (Å²) >= 11 is 0. The molecule has 3 heteroatoms. The Balaban J connectivity index is 2.31. The van der Waals surface area contributed by atoms with Crippen LogP contribution in [0.5, 0.6) is 0 Å². The van der Waals surface area contributed by atoms with Crippen LogP contribution >= 0.6 is 0 Å². The van der Waals surface area contributed by atoms with Crippen molar-refractivity contribution in [3.8, 4) is 0 Å². The Hall–Kier alpha value is -0.120. The minimum absolute atomic E-state index is 0.301. The van der Waals surface area contributed by atoms with Gasteiger partial charge in [0.2, 0.25) is 0 Å². The second kappa shape index (κ2) is 8.04. The van der Waals surface area contributed by atoms with E-state index in [2.05, 4.69) is 24.1 Å². The molecule has 2 atom stereocenters. The first-order chi connectivity index (χ1) is 7.80. The summed E-state index contributed by atoms with van der Waals surface area (Å²) in [4.78, 5) is 2.56. The van der Waals surface area contributed by atoms with Crippen LogP contribution < -0.4 is 5.32 Å². The van der Waals surface area contributed by atoms with Gasteiger partial charge in [0.05, 0.1) is 0 Å². The highest BCUT2D eigenvalue weighted by Crippen LogP contribution is 2.21. The molecule has 1 aliphatic heterocycles. The van der Waals surface area contributed by atoms with Crippen molar-refractivity contribution in [2.45, 2.75) is 45.6 Å². The number of hydrogen-bond acceptors (Lipinski definition) is 3. The van der Waals surface area contributed by atoms with Crippen molar-refractivity contribution in [3.63, 3.8) is 0 Å². The smallest absolute Gasteiger partial charge is 0.0443 e. The van der Waals surface area contributed by atoms with Gasteiger partial charge in [0.1, 0.15) is 0 Å². The van der Waals surface area contributed by atoms with Crippen LogP contribution in [0.15, 0.2) is 0 Å². The van der Waals surface area contributed by atoms with Crippen LogP contribution in [0.2, 0.25) is 0 Å². The second-order valence-corrected chi connectivity index (χ2v) is 4.97. The summed E-state index contributed by atoms with van der Waals surface area (Å²) in [5.74, 6) is 0.866. The molecular formula is C13H28N2O. The van der Waals surface area contributed by atoms with Gasteiger partial charge in [-0.25, -0.2) is 0 Å². The normalized spacial score (nSPS) is 27.2. The third-order valence-corrected chi connectivity index (χ3v) is 3.52. The highest BCUT2D eigenvalue weighted by molar-refractivity contribution is 4.82. The van der Waals surface area contributed by atoms with Crippen LogP contribution in [0, 0.1) is 5.92 Å². The van der Waals surface area contributed by atoms with Crippen LogP contribution in [0.4, 0.5) is 0 Å². The van der Waals surface area contributed by atoms with Gasteiger partial charge in [-0.3, -0.25) is 0 Å². The Labute approximate surface area is 100 Å². The molecule has 1 fully saturated rings. The number of nitrogens with one attached hydrogen (secondary N) is 1. The Morgan fingerprint density at radius 1 is 1.31 bits per heavy atom. The summed E-state index contributed by atoms with van der Waals surface area (Å²) < 4.78 is 0. The highest BCUT2D eigenvalue weighted by Gasteiger charge is 2.25. The van der Waals surface area contributed by atoms with E-state index in [1.54, 1.807) is 0 Å². The molecule has 1 aliphatic rings. The fraction of sp³-hybridized carbons (Fsp3) is 1.00. The second-order valence-electron chi connectivity index (χ2n) is 4.97. The molecule has 0 bridgehead atoms. The molecule has 1 rings (SSSR count).